The van der Waals surface area contributed by atoms with E-state index in [9.17, 15) is 4.79 Å². The Labute approximate surface area is 96.5 Å². The second-order valence-corrected chi connectivity index (χ2v) is 4.16. The zero-order valence-electron chi connectivity index (χ0n) is 10.1. The summed E-state index contributed by atoms with van der Waals surface area (Å²) >= 11 is 0. The number of carbonyl (C=O) groups excluding carboxylic acids is 1. The Morgan fingerprint density at radius 2 is 1.94 bits per heavy atom. The third-order valence-corrected chi connectivity index (χ3v) is 2.50. The molecule has 1 aromatic rings. The van der Waals surface area contributed by atoms with Gasteiger partial charge in [0.15, 0.2) is 0 Å². The lowest BCUT2D eigenvalue weighted by Crippen LogP contribution is -2.25. The van der Waals surface area contributed by atoms with Gasteiger partial charge in [-0.2, -0.15) is 0 Å². The van der Waals surface area contributed by atoms with Gasteiger partial charge >= 0.3 is 0 Å². The SMILES string of the molecule is Cc1cncc(C)c1NCC(C)CNC=O. The normalized spacial score (nSPS) is 11.9. The maximum atomic E-state index is 10.2. The van der Waals surface area contributed by atoms with Crippen LogP contribution in [0.4, 0.5) is 5.69 Å². The van der Waals surface area contributed by atoms with E-state index in [1.807, 2.05) is 26.2 Å². The first kappa shape index (κ1) is 12.5. The first-order valence-corrected chi connectivity index (χ1v) is 5.47. The van der Waals surface area contributed by atoms with Crippen LogP contribution in [0.15, 0.2) is 12.4 Å². The van der Waals surface area contributed by atoms with Gasteiger partial charge in [-0.1, -0.05) is 6.92 Å². The summed E-state index contributed by atoms with van der Waals surface area (Å²) in [6, 6.07) is 0. The Morgan fingerprint density at radius 3 is 2.50 bits per heavy atom. The number of carbonyl (C=O) groups is 1. The van der Waals surface area contributed by atoms with Crippen molar-refractivity contribution in [2.45, 2.75) is 20.8 Å². The number of anilines is 1. The molecule has 0 spiro atoms. The van der Waals surface area contributed by atoms with Crippen LogP contribution in [-0.2, 0) is 4.79 Å². The molecule has 1 unspecified atom stereocenters. The fourth-order valence-corrected chi connectivity index (χ4v) is 1.58. The second kappa shape index (κ2) is 6.10. The topological polar surface area (TPSA) is 54.0 Å². The van der Waals surface area contributed by atoms with E-state index >= 15 is 0 Å². The third-order valence-electron chi connectivity index (χ3n) is 2.50. The molecule has 0 aromatic carbocycles. The van der Waals surface area contributed by atoms with Gasteiger partial charge < -0.3 is 10.6 Å². The van der Waals surface area contributed by atoms with Crippen molar-refractivity contribution in [3.8, 4) is 0 Å². The number of pyridine rings is 1. The summed E-state index contributed by atoms with van der Waals surface area (Å²) in [5.41, 5.74) is 3.44. The highest BCUT2D eigenvalue weighted by Crippen LogP contribution is 2.17. The van der Waals surface area contributed by atoms with Crippen LogP contribution in [0.3, 0.4) is 0 Å². The molecule has 0 aliphatic carbocycles. The molecule has 88 valence electrons. The quantitative estimate of drug-likeness (QED) is 0.716. The van der Waals surface area contributed by atoms with Gasteiger partial charge in [-0.25, -0.2) is 0 Å². The Kier molecular flexibility index (Phi) is 4.76. The van der Waals surface area contributed by atoms with Gasteiger partial charge in [-0.15, -0.1) is 0 Å². The van der Waals surface area contributed by atoms with Gasteiger partial charge in [-0.05, 0) is 30.9 Å². The second-order valence-electron chi connectivity index (χ2n) is 4.16. The Bertz CT molecular complexity index is 332. The highest BCUT2D eigenvalue weighted by atomic mass is 16.1. The molecule has 1 atom stereocenters. The minimum atomic E-state index is 0.400. The van der Waals surface area contributed by atoms with Gasteiger partial charge in [-0.3, -0.25) is 9.78 Å². The maximum Gasteiger partial charge on any atom is 0.207 e. The van der Waals surface area contributed by atoms with Crippen molar-refractivity contribution in [3.05, 3.63) is 23.5 Å². The molecule has 2 N–H and O–H groups in total. The van der Waals surface area contributed by atoms with Crippen molar-refractivity contribution >= 4 is 12.1 Å². The Balaban J connectivity index is 2.51. The lowest BCUT2D eigenvalue weighted by molar-refractivity contribution is -0.109. The fourth-order valence-electron chi connectivity index (χ4n) is 1.58. The largest absolute Gasteiger partial charge is 0.384 e. The van der Waals surface area contributed by atoms with Crippen LogP contribution in [0.25, 0.3) is 0 Å². The van der Waals surface area contributed by atoms with Crippen molar-refractivity contribution in [3.63, 3.8) is 0 Å². The zero-order chi connectivity index (χ0) is 12.0. The molecule has 0 bridgehead atoms. The highest BCUT2D eigenvalue weighted by molar-refractivity contribution is 5.55. The Hall–Kier alpha value is -1.58. The first-order chi connectivity index (χ1) is 7.65. The van der Waals surface area contributed by atoms with E-state index < -0.39 is 0 Å². The van der Waals surface area contributed by atoms with E-state index in [2.05, 4.69) is 22.5 Å². The average molecular weight is 221 g/mol. The van der Waals surface area contributed by atoms with Crippen molar-refractivity contribution in [1.29, 1.82) is 0 Å². The van der Waals surface area contributed by atoms with Gasteiger partial charge in [0.1, 0.15) is 0 Å². The van der Waals surface area contributed by atoms with E-state index in [4.69, 9.17) is 0 Å². The number of amides is 1. The number of hydrogen-bond acceptors (Lipinski definition) is 3. The summed E-state index contributed by atoms with van der Waals surface area (Å²) < 4.78 is 0. The van der Waals surface area contributed by atoms with Crippen LogP contribution in [-0.4, -0.2) is 24.5 Å². The van der Waals surface area contributed by atoms with Crippen molar-refractivity contribution < 1.29 is 4.79 Å². The van der Waals surface area contributed by atoms with Crippen LogP contribution >= 0.6 is 0 Å². The summed E-state index contributed by atoms with van der Waals surface area (Å²) in [6.45, 7) is 7.70. The van der Waals surface area contributed by atoms with Crippen LogP contribution < -0.4 is 10.6 Å². The smallest absolute Gasteiger partial charge is 0.207 e. The number of nitrogens with zero attached hydrogens (tertiary/aromatic N) is 1. The summed E-state index contributed by atoms with van der Waals surface area (Å²) in [6.07, 6.45) is 4.44. The molecule has 16 heavy (non-hydrogen) atoms. The van der Waals surface area contributed by atoms with E-state index in [1.54, 1.807) is 0 Å². The maximum absolute atomic E-state index is 10.2. The molecule has 0 saturated carbocycles. The van der Waals surface area contributed by atoms with Gasteiger partial charge in [0, 0.05) is 31.2 Å². The fraction of sp³-hybridized carbons (Fsp3) is 0.500. The van der Waals surface area contributed by atoms with Gasteiger partial charge in [0.2, 0.25) is 6.41 Å². The van der Waals surface area contributed by atoms with Crippen LogP contribution in [0.5, 0.6) is 0 Å². The minimum absolute atomic E-state index is 0.400. The number of hydrogen-bond donors (Lipinski definition) is 2. The molecule has 0 aliphatic rings. The van der Waals surface area contributed by atoms with Crippen LogP contribution in [0, 0.1) is 19.8 Å². The molecule has 1 heterocycles. The monoisotopic (exact) mass is 221 g/mol. The molecule has 1 aromatic heterocycles. The molecule has 1 rings (SSSR count). The van der Waals surface area contributed by atoms with Gasteiger partial charge in [0.05, 0.1) is 0 Å². The standard InChI is InChI=1S/C12H19N3O/c1-9(4-14-8-16)5-15-12-10(2)6-13-7-11(12)3/h6-9H,4-5H2,1-3H3,(H,13,15)(H,14,16). The molecule has 0 saturated heterocycles. The number of aromatic nitrogens is 1. The van der Waals surface area contributed by atoms with Crippen LogP contribution in [0.1, 0.15) is 18.1 Å². The molecular formula is C12H19N3O. The number of nitrogens with one attached hydrogen (secondary N) is 2. The van der Waals surface area contributed by atoms with Crippen LogP contribution in [0.2, 0.25) is 0 Å². The zero-order valence-corrected chi connectivity index (χ0v) is 10.1. The highest BCUT2D eigenvalue weighted by Gasteiger charge is 2.05. The lowest BCUT2D eigenvalue weighted by atomic mass is 10.1. The van der Waals surface area contributed by atoms with E-state index in [0.29, 0.717) is 12.5 Å². The molecule has 4 heteroatoms. The average Bonchev–Trinajstić information content (AvgIpc) is 2.25. The van der Waals surface area contributed by atoms with Crippen molar-refractivity contribution in [2.75, 3.05) is 18.4 Å². The predicted octanol–water partition coefficient (Wildman–Crippen LogP) is 1.49. The van der Waals surface area contributed by atoms with E-state index in [0.717, 1.165) is 29.8 Å². The number of rotatable bonds is 6. The van der Waals surface area contributed by atoms with Gasteiger partial charge in [0.25, 0.3) is 0 Å². The number of aryl methyl sites for hydroxylation is 2. The molecule has 0 radical (unpaired) electrons. The van der Waals surface area contributed by atoms with E-state index in [-0.39, 0.29) is 0 Å². The molecular weight excluding hydrogens is 202 g/mol. The summed E-state index contributed by atoms with van der Waals surface area (Å²) in [7, 11) is 0. The molecule has 0 fully saturated rings. The molecule has 0 aliphatic heterocycles. The third kappa shape index (κ3) is 3.53. The Morgan fingerprint density at radius 1 is 1.31 bits per heavy atom. The summed E-state index contributed by atoms with van der Waals surface area (Å²) in [5.74, 6) is 0.400. The van der Waals surface area contributed by atoms with Crippen molar-refractivity contribution in [1.82, 2.24) is 10.3 Å². The summed E-state index contributed by atoms with van der Waals surface area (Å²) in [5, 5.41) is 6.07. The molecule has 4 nitrogen and oxygen atoms in total. The first-order valence-electron chi connectivity index (χ1n) is 5.47. The van der Waals surface area contributed by atoms with Crippen molar-refractivity contribution in [2.24, 2.45) is 5.92 Å². The summed E-state index contributed by atoms with van der Waals surface area (Å²) in [4.78, 5) is 14.3. The van der Waals surface area contributed by atoms with E-state index in [1.165, 1.54) is 0 Å². The predicted molar refractivity (Wildman–Crippen MR) is 65.4 cm³/mol. The lowest BCUT2D eigenvalue weighted by Gasteiger charge is -2.16. The molecule has 1 amide bonds. The minimum Gasteiger partial charge on any atom is -0.384 e.